The molecule has 1 aliphatic rings. The Hall–Kier alpha value is -1.75. The van der Waals surface area contributed by atoms with Gasteiger partial charge in [0.15, 0.2) is 11.5 Å². The molecule has 2 amide bonds. The topological polar surface area (TPSA) is 93.1 Å². The highest BCUT2D eigenvalue weighted by Crippen LogP contribution is 2.36. The fraction of sp³-hybridized carbons (Fsp3) is 0.312. The molecule has 1 heterocycles. The van der Waals surface area contributed by atoms with Crippen LogP contribution in [0.5, 0.6) is 11.5 Å². The predicted octanol–water partition coefficient (Wildman–Crippen LogP) is 2.99. The van der Waals surface area contributed by atoms with E-state index < -0.39 is 23.7 Å². The molecule has 0 bridgehead atoms. The number of phenols is 1. The zero-order valence-electron chi connectivity index (χ0n) is 13.7. The molecule has 0 spiro atoms. The van der Waals surface area contributed by atoms with Crippen LogP contribution in [0.15, 0.2) is 17.0 Å². The highest BCUT2D eigenvalue weighted by molar-refractivity contribution is 14.1. The summed E-state index contributed by atoms with van der Waals surface area (Å²) < 4.78 is 10.6. The van der Waals surface area contributed by atoms with Gasteiger partial charge in [-0.1, -0.05) is 0 Å². The van der Waals surface area contributed by atoms with Gasteiger partial charge < -0.3 is 14.6 Å². The van der Waals surface area contributed by atoms with Crippen LogP contribution in [0.1, 0.15) is 19.4 Å². The molecule has 0 aromatic heterocycles. The van der Waals surface area contributed by atoms with Crippen molar-refractivity contribution in [1.29, 1.82) is 0 Å². The van der Waals surface area contributed by atoms with Crippen molar-refractivity contribution >= 4 is 57.5 Å². The van der Waals surface area contributed by atoms with Gasteiger partial charge in [-0.3, -0.25) is 19.3 Å². The molecule has 0 saturated carbocycles. The molecule has 2 rings (SSSR count). The SMILES string of the molecule is COc1cc(/C=C2/SC(=O)N(CC(=O)OC(C)C)C2=O)cc(I)c1O. The Balaban J connectivity index is 2.23. The molecular formula is C16H16INO6S. The molecule has 9 heteroatoms. The van der Waals surface area contributed by atoms with E-state index in [9.17, 15) is 19.5 Å². The van der Waals surface area contributed by atoms with Crippen LogP contribution in [-0.4, -0.2) is 46.9 Å². The first-order valence-electron chi connectivity index (χ1n) is 7.24. The molecule has 0 unspecified atom stereocenters. The number of halogens is 1. The minimum absolute atomic E-state index is 0.00443. The number of rotatable bonds is 5. The average Bonchev–Trinajstić information content (AvgIpc) is 2.77. The number of carbonyl (C=O) groups is 3. The second-order valence-corrected chi connectivity index (χ2v) is 7.52. The summed E-state index contributed by atoms with van der Waals surface area (Å²) in [7, 11) is 1.42. The molecule has 25 heavy (non-hydrogen) atoms. The first-order chi connectivity index (χ1) is 11.7. The van der Waals surface area contributed by atoms with E-state index in [1.807, 2.05) is 22.6 Å². The number of hydrogen-bond donors (Lipinski definition) is 1. The third-order valence-corrected chi connectivity index (χ3v) is 4.83. The van der Waals surface area contributed by atoms with Gasteiger partial charge in [-0.05, 0) is 72.0 Å². The number of esters is 1. The summed E-state index contributed by atoms with van der Waals surface area (Å²) in [4.78, 5) is 37.1. The van der Waals surface area contributed by atoms with Crippen LogP contribution in [0.25, 0.3) is 6.08 Å². The largest absolute Gasteiger partial charge is 0.504 e. The van der Waals surface area contributed by atoms with E-state index in [1.165, 1.54) is 13.2 Å². The van der Waals surface area contributed by atoms with Crippen molar-refractivity contribution in [1.82, 2.24) is 4.90 Å². The first-order valence-corrected chi connectivity index (χ1v) is 9.13. The molecular weight excluding hydrogens is 461 g/mol. The van der Waals surface area contributed by atoms with Gasteiger partial charge in [0.2, 0.25) is 0 Å². The number of carbonyl (C=O) groups excluding carboxylic acids is 3. The van der Waals surface area contributed by atoms with Gasteiger partial charge in [0.1, 0.15) is 6.54 Å². The lowest BCUT2D eigenvalue weighted by Gasteiger charge is -2.13. The van der Waals surface area contributed by atoms with Crippen molar-refractivity contribution in [3.8, 4) is 11.5 Å². The van der Waals surface area contributed by atoms with Gasteiger partial charge in [0.25, 0.3) is 11.1 Å². The number of benzene rings is 1. The fourth-order valence-electron chi connectivity index (χ4n) is 2.05. The minimum atomic E-state index is -0.639. The maximum atomic E-state index is 12.4. The molecule has 1 aromatic carbocycles. The minimum Gasteiger partial charge on any atom is -0.504 e. The Labute approximate surface area is 162 Å². The smallest absolute Gasteiger partial charge is 0.326 e. The normalized spacial score (nSPS) is 16.0. The number of hydrogen-bond acceptors (Lipinski definition) is 7. The van der Waals surface area contributed by atoms with Gasteiger partial charge in [-0.15, -0.1) is 0 Å². The van der Waals surface area contributed by atoms with Crippen molar-refractivity contribution in [3.05, 3.63) is 26.2 Å². The molecule has 0 radical (unpaired) electrons. The molecule has 0 aliphatic carbocycles. The third kappa shape index (κ3) is 4.66. The highest BCUT2D eigenvalue weighted by Gasteiger charge is 2.36. The lowest BCUT2D eigenvalue weighted by Crippen LogP contribution is -2.35. The van der Waals surface area contributed by atoms with Crippen LogP contribution >= 0.6 is 34.4 Å². The number of phenolic OH excluding ortho intramolecular Hbond substituents is 1. The van der Waals surface area contributed by atoms with Crippen molar-refractivity contribution in [2.75, 3.05) is 13.7 Å². The van der Waals surface area contributed by atoms with E-state index in [1.54, 1.807) is 26.0 Å². The Morgan fingerprint density at radius 2 is 2.08 bits per heavy atom. The summed E-state index contributed by atoms with van der Waals surface area (Å²) in [5.41, 5.74) is 0.592. The summed E-state index contributed by atoms with van der Waals surface area (Å²) in [5, 5.41) is 9.32. The number of nitrogens with zero attached hydrogens (tertiary/aromatic N) is 1. The molecule has 1 N–H and O–H groups in total. The van der Waals surface area contributed by atoms with Crippen LogP contribution in [0.2, 0.25) is 0 Å². The van der Waals surface area contributed by atoms with Crippen molar-refractivity contribution in [3.63, 3.8) is 0 Å². The summed E-state index contributed by atoms with van der Waals surface area (Å²) in [6.45, 7) is 2.95. The maximum Gasteiger partial charge on any atom is 0.326 e. The predicted molar refractivity (Wildman–Crippen MR) is 101 cm³/mol. The van der Waals surface area contributed by atoms with Crippen molar-refractivity contribution in [2.24, 2.45) is 0 Å². The monoisotopic (exact) mass is 477 g/mol. The zero-order valence-corrected chi connectivity index (χ0v) is 16.7. The summed E-state index contributed by atoms with van der Waals surface area (Å²) in [6, 6.07) is 3.21. The van der Waals surface area contributed by atoms with Gasteiger partial charge in [0.05, 0.1) is 21.7 Å². The molecule has 1 aliphatic heterocycles. The van der Waals surface area contributed by atoms with Crippen molar-refractivity contribution in [2.45, 2.75) is 20.0 Å². The van der Waals surface area contributed by atoms with E-state index in [-0.39, 0.29) is 22.5 Å². The second-order valence-electron chi connectivity index (χ2n) is 5.36. The summed E-state index contributed by atoms with van der Waals surface area (Å²) in [5.74, 6) is -0.931. The lowest BCUT2D eigenvalue weighted by atomic mass is 10.2. The third-order valence-electron chi connectivity index (χ3n) is 3.10. The number of amides is 2. The molecule has 134 valence electrons. The van der Waals surface area contributed by atoms with Crippen molar-refractivity contribution < 1.29 is 29.0 Å². The Morgan fingerprint density at radius 3 is 2.68 bits per heavy atom. The number of imide groups is 1. The van der Waals surface area contributed by atoms with Crippen LogP contribution in [-0.2, 0) is 14.3 Å². The quantitative estimate of drug-likeness (QED) is 0.396. The highest BCUT2D eigenvalue weighted by atomic mass is 127. The summed E-state index contributed by atoms with van der Waals surface area (Å²) in [6.07, 6.45) is 1.19. The van der Waals surface area contributed by atoms with E-state index in [0.29, 0.717) is 9.13 Å². The molecule has 1 fully saturated rings. The van der Waals surface area contributed by atoms with Gasteiger partial charge >= 0.3 is 5.97 Å². The van der Waals surface area contributed by atoms with Gasteiger partial charge in [0, 0.05) is 0 Å². The molecule has 0 atom stereocenters. The van der Waals surface area contributed by atoms with Gasteiger partial charge in [-0.2, -0.15) is 0 Å². The Morgan fingerprint density at radius 1 is 1.40 bits per heavy atom. The number of ether oxygens (including phenoxy) is 2. The van der Waals surface area contributed by atoms with Crippen LogP contribution in [0, 0.1) is 3.57 Å². The standard InChI is InChI=1S/C16H16INO6S/c1-8(2)24-13(19)7-18-15(21)12(25-16(18)22)6-9-4-10(17)14(20)11(5-9)23-3/h4-6,8,20H,7H2,1-3H3/b12-6+. The Kier molecular flexibility index (Phi) is 6.33. The molecule has 7 nitrogen and oxygen atoms in total. The lowest BCUT2D eigenvalue weighted by molar-refractivity contribution is -0.149. The van der Waals surface area contributed by atoms with Crippen LogP contribution in [0.3, 0.4) is 0 Å². The number of aromatic hydroxyl groups is 1. The average molecular weight is 477 g/mol. The van der Waals surface area contributed by atoms with Crippen LogP contribution < -0.4 is 4.74 Å². The van der Waals surface area contributed by atoms with Gasteiger partial charge in [-0.25, -0.2) is 0 Å². The fourth-order valence-corrected chi connectivity index (χ4v) is 3.51. The van der Waals surface area contributed by atoms with E-state index in [4.69, 9.17) is 9.47 Å². The van der Waals surface area contributed by atoms with E-state index >= 15 is 0 Å². The number of thioether (sulfide) groups is 1. The zero-order chi connectivity index (χ0) is 18.7. The Bertz CT molecular complexity index is 761. The summed E-state index contributed by atoms with van der Waals surface area (Å²) >= 11 is 2.68. The number of methoxy groups -OCH3 is 1. The first kappa shape index (κ1) is 19.6. The molecule has 1 saturated heterocycles. The van der Waals surface area contributed by atoms with Crippen LogP contribution in [0.4, 0.5) is 4.79 Å². The maximum absolute atomic E-state index is 12.4. The molecule has 1 aromatic rings. The van der Waals surface area contributed by atoms with E-state index in [2.05, 4.69) is 0 Å². The van der Waals surface area contributed by atoms with E-state index in [0.717, 1.165) is 16.7 Å². The second kappa shape index (κ2) is 8.09.